The Morgan fingerprint density at radius 1 is 1.05 bits per heavy atom. The van der Waals surface area contributed by atoms with E-state index < -0.39 is 10.0 Å². The monoisotopic (exact) mass is 432 g/mol. The van der Waals surface area contributed by atoms with Gasteiger partial charge in [-0.1, -0.05) is 15.9 Å². The highest BCUT2D eigenvalue weighted by atomic mass is 79.9. The number of anilines is 2. The third-order valence-corrected chi connectivity index (χ3v) is 5.69. The van der Waals surface area contributed by atoms with Gasteiger partial charge in [-0.25, -0.2) is 8.42 Å². The second-order valence-electron chi connectivity index (χ2n) is 4.70. The molecule has 3 N–H and O–H groups in total. The van der Waals surface area contributed by atoms with E-state index in [-0.39, 0.29) is 10.6 Å². The predicted molar refractivity (Wildman–Crippen MR) is 93.0 cm³/mol. The van der Waals surface area contributed by atoms with Crippen LogP contribution >= 0.6 is 31.9 Å². The molecule has 0 aliphatic heterocycles. The Bertz CT molecular complexity index is 805. The van der Waals surface area contributed by atoms with Crippen LogP contribution in [0.15, 0.2) is 44.2 Å². The van der Waals surface area contributed by atoms with Crippen LogP contribution in [-0.2, 0) is 10.0 Å². The van der Waals surface area contributed by atoms with E-state index in [1.165, 1.54) is 0 Å². The molecule has 2 aromatic rings. The van der Waals surface area contributed by atoms with Crippen LogP contribution in [0.5, 0.6) is 0 Å². The largest absolute Gasteiger partial charge is 0.398 e. The van der Waals surface area contributed by atoms with Crippen LogP contribution in [0.25, 0.3) is 0 Å². The topological polar surface area (TPSA) is 72.2 Å². The normalized spacial score (nSPS) is 11.4. The third kappa shape index (κ3) is 3.59. The lowest BCUT2D eigenvalue weighted by molar-refractivity contribution is 0.601. The number of halogens is 2. The first-order valence-corrected chi connectivity index (χ1v) is 9.12. The van der Waals surface area contributed by atoms with Crippen LogP contribution in [0.2, 0.25) is 0 Å². The smallest absolute Gasteiger partial charge is 0.263 e. The summed E-state index contributed by atoms with van der Waals surface area (Å²) in [5.41, 5.74) is 8.36. The van der Waals surface area contributed by atoms with Gasteiger partial charge in [-0.2, -0.15) is 0 Å². The van der Waals surface area contributed by atoms with Crippen molar-refractivity contribution >= 4 is 53.3 Å². The summed E-state index contributed by atoms with van der Waals surface area (Å²) < 4.78 is 29.0. The molecule has 0 unspecified atom stereocenters. The van der Waals surface area contributed by atoms with Gasteiger partial charge in [0.25, 0.3) is 10.0 Å². The first-order valence-electron chi connectivity index (χ1n) is 6.05. The number of hydrogen-bond donors (Lipinski definition) is 2. The van der Waals surface area contributed by atoms with E-state index in [4.69, 9.17) is 5.73 Å². The second kappa shape index (κ2) is 5.98. The van der Waals surface area contributed by atoms with Gasteiger partial charge in [0.1, 0.15) is 4.90 Å². The standard InChI is InChI=1S/C14H14Br2N2O2S/c1-8-5-12(17)14(6-9(8)2)21(19,20)18-13-7-10(15)3-4-11(13)16/h3-7,18H,17H2,1-2H3. The van der Waals surface area contributed by atoms with Gasteiger partial charge in [0.15, 0.2) is 0 Å². The van der Waals surface area contributed by atoms with Gasteiger partial charge in [0.05, 0.1) is 11.4 Å². The Hall–Kier alpha value is -1.05. The second-order valence-corrected chi connectivity index (χ2v) is 8.12. The molecule has 0 bridgehead atoms. The summed E-state index contributed by atoms with van der Waals surface area (Å²) in [4.78, 5) is 0.0810. The van der Waals surface area contributed by atoms with Crippen molar-refractivity contribution in [1.29, 1.82) is 0 Å². The summed E-state index contributed by atoms with van der Waals surface area (Å²) in [6, 6.07) is 8.50. The van der Waals surface area contributed by atoms with E-state index >= 15 is 0 Å². The molecule has 2 rings (SSSR count). The molecule has 2 aromatic carbocycles. The summed E-state index contributed by atoms with van der Waals surface area (Å²) >= 11 is 6.64. The molecule has 0 aliphatic rings. The molecule has 0 saturated carbocycles. The summed E-state index contributed by atoms with van der Waals surface area (Å²) in [6.07, 6.45) is 0. The van der Waals surface area contributed by atoms with E-state index in [1.807, 2.05) is 19.9 Å². The fourth-order valence-electron chi connectivity index (χ4n) is 1.82. The Labute approximate surface area is 141 Å². The average molecular weight is 434 g/mol. The van der Waals surface area contributed by atoms with Crippen molar-refractivity contribution in [1.82, 2.24) is 0 Å². The summed E-state index contributed by atoms with van der Waals surface area (Å²) in [5, 5.41) is 0. The van der Waals surface area contributed by atoms with Crippen molar-refractivity contribution in [2.24, 2.45) is 0 Å². The molecular weight excluding hydrogens is 420 g/mol. The van der Waals surface area contributed by atoms with Crippen LogP contribution in [0.3, 0.4) is 0 Å². The molecule has 0 aliphatic carbocycles. The molecular formula is C14H14Br2N2O2S. The van der Waals surface area contributed by atoms with E-state index in [9.17, 15) is 8.42 Å². The minimum atomic E-state index is -3.75. The Kier molecular flexibility index (Phi) is 4.65. The van der Waals surface area contributed by atoms with Gasteiger partial charge in [-0.05, 0) is 71.2 Å². The number of nitrogens with one attached hydrogen (secondary N) is 1. The number of nitrogens with two attached hydrogens (primary N) is 1. The molecule has 4 nitrogen and oxygen atoms in total. The molecule has 0 heterocycles. The van der Waals surface area contributed by atoms with Crippen LogP contribution in [0, 0.1) is 13.8 Å². The van der Waals surface area contributed by atoms with Crippen LogP contribution in [0.1, 0.15) is 11.1 Å². The average Bonchev–Trinajstić information content (AvgIpc) is 2.37. The zero-order chi connectivity index (χ0) is 15.8. The number of sulfonamides is 1. The highest BCUT2D eigenvalue weighted by Crippen LogP contribution is 2.30. The first-order chi connectivity index (χ1) is 9.70. The Balaban J connectivity index is 2.48. The zero-order valence-electron chi connectivity index (χ0n) is 11.4. The molecule has 0 fully saturated rings. The molecule has 0 amide bonds. The van der Waals surface area contributed by atoms with Crippen molar-refractivity contribution in [2.75, 3.05) is 10.5 Å². The SMILES string of the molecule is Cc1cc(N)c(S(=O)(=O)Nc2cc(Br)ccc2Br)cc1C. The van der Waals surface area contributed by atoms with Crippen LogP contribution < -0.4 is 10.5 Å². The van der Waals surface area contributed by atoms with Gasteiger partial charge in [0.2, 0.25) is 0 Å². The molecule has 0 radical (unpaired) electrons. The lowest BCUT2D eigenvalue weighted by Crippen LogP contribution is -2.15. The highest BCUT2D eigenvalue weighted by molar-refractivity contribution is 9.11. The third-order valence-electron chi connectivity index (χ3n) is 3.09. The highest BCUT2D eigenvalue weighted by Gasteiger charge is 2.19. The molecule has 0 aromatic heterocycles. The number of benzene rings is 2. The molecule has 0 spiro atoms. The van der Waals surface area contributed by atoms with Crippen molar-refractivity contribution in [3.8, 4) is 0 Å². The molecule has 112 valence electrons. The van der Waals surface area contributed by atoms with Gasteiger partial charge < -0.3 is 5.73 Å². The van der Waals surface area contributed by atoms with Crippen molar-refractivity contribution < 1.29 is 8.42 Å². The molecule has 0 atom stereocenters. The minimum Gasteiger partial charge on any atom is -0.398 e. The Morgan fingerprint density at radius 3 is 2.33 bits per heavy atom. The lowest BCUT2D eigenvalue weighted by Gasteiger charge is -2.13. The number of hydrogen-bond acceptors (Lipinski definition) is 3. The van der Waals surface area contributed by atoms with Crippen molar-refractivity contribution in [3.05, 3.63) is 50.4 Å². The number of nitrogen functional groups attached to an aromatic ring is 1. The fourth-order valence-corrected chi connectivity index (χ4v) is 3.93. The fraction of sp³-hybridized carbons (Fsp3) is 0.143. The van der Waals surface area contributed by atoms with Gasteiger partial charge in [-0.3, -0.25) is 4.72 Å². The number of aryl methyl sites for hydroxylation is 2. The van der Waals surface area contributed by atoms with E-state index in [0.29, 0.717) is 10.2 Å². The minimum absolute atomic E-state index is 0.0810. The van der Waals surface area contributed by atoms with E-state index in [0.717, 1.165) is 15.6 Å². The maximum atomic E-state index is 12.5. The quantitative estimate of drug-likeness (QED) is 0.712. The lowest BCUT2D eigenvalue weighted by atomic mass is 10.1. The van der Waals surface area contributed by atoms with Crippen molar-refractivity contribution in [2.45, 2.75) is 18.7 Å². The molecule has 21 heavy (non-hydrogen) atoms. The van der Waals surface area contributed by atoms with Crippen LogP contribution in [0.4, 0.5) is 11.4 Å². The maximum Gasteiger partial charge on any atom is 0.263 e. The van der Waals surface area contributed by atoms with Crippen molar-refractivity contribution in [3.63, 3.8) is 0 Å². The Morgan fingerprint density at radius 2 is 1.67 bits per heavy atom. The van der Waals surface area contributed by atoms with E-state index in [1.54, 1.807) is 24.3 Å². The maximum absolute atomic E-state index is 12.5. The zero-order valence-corrected chi connectivity index (χ0v) is 15.4. The van der Waals surface area contributed by atoms with E-state index in [2.05, 4.69) is 36.6 Å². The van der Waals surface area contributed by atoms with Gasteiger partial charge >= 0.3 is 0 Å². The molecule has 7 heteroatoms. The molecule has 0 saturated heterocycles. The van der Waals surface area contributed by atoms with Gasteiger partial charge in [-0.15, -0.1) is 0 Å². The summed E-state index contributed by atoms with van der Waals surface area (Å²) in [6.45, 7) is 3.74. The predicted octanol–water partition coefficient (Wildman–Crippen LogP) is 4.21. The van der Waals surface area contributed by atoms with Gasteiger partial charge in [0, 0.05) is 8.95 Å². The number of rotatable bonds is 3. The van der Waals surface area contributed by atoms with Crippen LogP contribution in [-0.4, -0.2) is 8.42 Å². The summed E-state index contributed by atoms with van der Waals surface area (Å²) in [5.74, 6) is 0. The summed E-state index contributed by atoms with van der Waals surface area (Å²) in [7, 11) is -3.75. The first kappa shape index (κ1) is 16.3.